The monoisotopic (exact) mass is 431 g/mol. The van der Waals surface area contributed by atoms with Gasteiger partial charge < -0.3 is 9.80 Å². The Labute approximate surface area is 175 Å². The number of hydrogen-bond acceptors (Lipinski definition) is 9. The molecule has 2 aromatic heterocycles. The molecule has 0 spiro atoms. The van der Waals surface area contributed by atoms with Gasteiger partial charge in [0.25, 0.3) is 0 Å². The van der Waals surface area contributed by atoms with Crippen molar-refractivity contribution in [3.8, 4) is 10.7 Å². The molecule has 0 N–H and O–H groups in total. The van der Waals surface area contributed by atoms with E-state index >= 15 is 0 Å². The van der Waals surface area contributed by atoms with Gasteiger partial charge in [0.2, 0.25) is 5.82 Å². The van der Waals surface area contributed by atoms with Crippen LogP contribution in [-0.2, 0) is 16.6 Å². The summed E-state index contributed by atoms with van der Waals surface area (Å²) in [7, 11) is 1.77. The first kappa shape index (κ1) is 19.5. The maximum atomic E-state index is 8.12. The Morgan fingerprint density at radius 1 is 1.10 bits per heavy atom. The van der Waals surface area contributed by atoms with Gasteiger partial charge in [0.05, 0.1) is 28.8 Å². The largest absolute Gasteiger partial charge is 0.373 e. The average Bonchev–Trinajstić information content (AvgIpc) is 3.45. The predicted molar refractivity (Wildman–Crippen MR) is 108 cm³/mol. The van der Waals surface area contributed by atoms with E-state index < -0.39 is 0 Å². The van der Waals surface area contributed by atoms with Crippen molar-refractivity contribution in [3.63, 3.8) is 0 Å². The summed E-state index contributed by atoms with van der Waals surface area (Å²) in [4.78, 5) is 28.1. The zero-order chi connectivity index (χ0) is 20.4. The van der Waals surface area contributed by atoms with Crippen LogP contribution in [-0.4, -0.2) is 57.5 Å². The molecule has 29 heavy (non-hydrogen) atoms. The lowest BCUT2D eigenvalue weighted by Crippen LogP contribution is -2.28. The number of hydrogen-bond donors (Lipinski definition) is 0. The summed E-state index contributed by atoms with van der Waals surface area (Å²) in [6.45, 7) is 4.17. The number of aryl methyl sites for hydroxylation is 1. The summed E-state index contributed by atoms with van der Waals surface area (Å²) in [5.41, 5.74) is 1.15. The molecular formula is C18H18ClN7O2S. The SMILES string of the molecule is Cn1nnc(-c2cnc(N3CC4CN(c5ccccc5Cl)CC4C3)s2)n1.O=C=O. The Morgan fingerprint density at radius 3 is 2.38 bits per heavy atom. The minimum Gasteiger partial charge on any atom is -0.370 e. The van der Waals surface area contributed by atoms with Crippen LogP contribution in [0.15, 0.2) is 30.5 Å². The van der Waals surface area contributed by atoms with Crippen molar-refractivity contribution in [1.29, 1.82) is 0 Å². The van der Waals surface area contributed by atoms with Gasteiger partial charge in [-0.3, -0.25) is 0 Å². The van der Waals surface area contributed by atoms with E-state index in [1.165, 1.54) is 4.80 Å². The maximum absolute atomic E-state index is 8.12. The minimum atomic E-state index is 0.250. The number of nitrogens with zero attached hydrogens (tertiary/aromatic N) is 7. The molecule has 0 radical (unpaired) electrons. The fourth-order valence-corrected chi connectivity index (χ4v) is 5.07. The molecule has 5 rings (SSSR count). The molecule has 0 amide bonds. The molecule has 2 aliphatic rings. The first-order valence-electron chi connectivity index (χ1n) is 9.03. The molecule has 2 atom stereocenters. The molecule has 1 aromatic carbocycles. The van der Waals surface area contributed by atoms with Crippen molar-refractivity contribution in [3.05, 3.63) is 35.5 Å². The highest BCUT2D eigenvalue weighted by molar-refractivity contribution is 7.18. The lowest BCUT2D eigenvalue weighted by atomic mass is 10.0. The predicted octanol–water partition coefficient (Wildman–Crippen LogP) is 1.98. The summed E-state index contributed by atoms with van der Waals surface area (Å²) in [5, 5.41) is 14.1. The quantitative estimate of drug-likeness (QED) is 0.621. The van der Waals surface area contributed by atoms with Crippen molar-refractivity contribution >= 4 is 39.9 Å². The van der Waals surface area contributed by atoms with Crippen LogP contribution in [0.5, 0.6) is 0 Å². The van der Waals surface area contributed by atoms with Crippen molar-refractivity contribution < 1.29 is 9.59 Å². The highest BCUT2D eigenvalue weighted by atomic mass is 35.5. The maximum Gasteiger partial charge on any atom is 0.373 e. The molecule has 2 fully saturated rings. The van der Waals surface area contributed by atoms with E-state index in [2.05, 4.69) is 42.3 Å². The second-order valence-electron chi connectivity index (χ2n) is 6.97. The third-order valence-electron chi connectivity index (χ3n) is 5.17. The molecular weight excluding hydrogens is 414 g/mol. The highest BCUT2D eigenvalue weighted by Crippen LogP contribution is 2.39. The lowest BCUT2D eigenvalue weighted by molar-refractivity contribution is -0.191. The lowest BCUT2D eigenvalue weighted by Gasteiger charge is -2.23. The van der Waals surface area contributed by atoms with Gasteiger partial charge >= 0.3 is 6.15 Å². The van der Waals surface area contributed by atoms with Crippen LogP contribution in [0.1, 0.15) is 0 Å². The first-order valence-corrected chi connectivity index (χ1v) is 10.2. The van der Waals surface area contributed by atoms with Crippen LogP contribution in [0, 0.1) is 11.8 Å². The standard InChI is InChI=1S/C17H18ClN7S.CO2/c1-23-21-16(20-22-23)15-6-19-17(26-15)25-9-11-7-24(8-12(11)10-25)14-5-3-2-4-13(14)18;2-1-3/h2-6,11-12H,7-10H2,1H3;. The molecule has 4 heterocycles. The van der Waals surface area contributed by atoms with Crippen LogP contribution in [0.3, 0.4) is 0 Å². The molecule has 2 unspecified atom stereocenters. The zero-order valence-electron chi connectivity index (χ0n) is 15.6. The molecule has 0 aliphatic carbocycles. The molecule has 150 valence electrons. The number of tetrazole rings is 1. The molecule has 0 saturated carbocycles. The number of halogens is 1. The summed E-state index contributed by atoms with van der Waals surface area (Å²) < 4.78 is 0. The topological polar surface area (TPSA) is 97.1 Å². The summed E-state index contributed by atoms with van der Waals surface area (Å²) >= 11 is 8.01. The molecule has 3 aromatic rings. The Morgan fingerprint density at radius 2 is 1.76 bits per heavy atom. The van der Waals surface area contributed by atoms with Gasteiger partial charge in [-0.05, 0) is 17.3 Å². The number of carbonyl (C=O) groups excluding carboxylic acids is 2. The number of aromatic nitrogens is 5. The number of fused-ring (bicyclic) bond motifs is 1. The van der Waals surface area contributed by atoms with E-state index in [0.29, 0.717) is 17.7 Å². The normalized spacial score (nSPS) is 20.2. The van der Waals surface area contributed by atoms with Crippen molar-refractivity contribution in [2.75, 3.05) is 36.0 Å². The number of anilines is 2. The van der Waals surface area contributed by atoms with E-state index in [-0.39, 0.29) is 6.15 Å². The van der Waals surface area contributed by atoms with Crippen molar-refractivity contribution in [2.24, 2.45) is 18.9 Å². The Kier molecular flexibility index (Phi) is 5.57. The summed E-state index contributed by atoms with van der Waals surface area (Å²) in [5.74, 6) is 1.93. The van der Waals surface area contributed by atoms with Gasteiger partial charge in [0, 0.05) is 38.0 Å². The van der Waals surface area contributed by atoms with Gasteiger partial charge in [-0.25, -0.2) is 4.98 Å². The second-order valence-corrected chi connectivity index (χ2v) is 8.39. The number of rotatable bonds is 3. The summed E-state index contributed by atoms with van der Waals surface area (Å²) in [6, 6.07) is 8.12. The minimum absolute atomic E-state index is 0.250. The van der Waals surface area contributed by atoms with Gasteiger partial charge in [0.1, 0.15) is 0 Å². The number of para-hydroxylation sites is 1. The smallest absolute Gasteiger partial charge is 0.370 e. The Balaban J connectivity index is 0.000000645. The molecule has 9 nitrogen and oxygen atoms in total. The van der Waals surface area contributed by atoms with Crippen LogP contribution in [0.4, 0.5) is 10.8 Å². The van der Waals surface area contributed by atoms with E-state index in [1.54, 1.807) is 18.4 Å². The third kappa shape index (κ3) is 4.00. The van der Waals surface area contributed by atoms with E-state index in [9.17, 15) is 0 Å². The Hall–Kier alpha value is -2.81. The van der Waals surface area contributed by atoms with E-state index in [0.717, 1.165) is 46.9 Å². The number of thiazole rings is 1. The van der Waals surface area contributed by atoms with Crippen LogP contribution in [0.2, 0.25) is 5.02 Å². The second kappa shape index (κ2) is 8.28. The molecule has 2 saturated heterocycles. The fraction of sp³-hybridized carbons (Fsp3) is 0.389. The highest BCUT2D eigenvalue weighted by Gasteiger charge is 2.41. The van der Waals surface area contributed by atoms with Gasteiger partial charge in [-0.15, -0.1) is 10.2 Å². The van der Waals surface area contributed by atoms with Gasteiger partial charge in [-0.2, -0.15) is 14.4 Å². The average molecular weight is 432 g/mol. The summed E-state index contributed by atoms with van der Waals surface area (Å²) in [6.07, 6.45) is 2.10. The molecule has 2 aliphatic heterocycles. The van der Waals surface area contributed by atoms with Gasteiger partial charge in [-0.1, -0.05) is 35.1 Å². The van der Waals surface area contributed by atoms with E-state index in [4.69, 9.17) is 21.2 Å². The molecule has 11 heteroatoms. The van der Waals surface area contributed by atoms with E-state index in [1.807, 2.05) is 18.3 Å². The fourth-order valence-electron chi connectivity index (χ4n) is 3.95. The Bertz CT molecular complexity index is 1020. The van der Waals surface area contributed by atoms with Crippen LogP contribution >= 0.6 is 22.9 Å². The van der Waals surface area contributed by atoms with Crippen LogP contribution < -0.4 is 9.80 Å². The van der Waals surface area contributed by atoms with Crippen molar-refractivity contribution in [1.82, 2.24) is 25.2 Å². The van der Waals surface area contributed by atoms with Crippen LogP contribution in [0.25, 0.3) is 10.7 Å². The third-order valence-corrected chi connectivity index (χ3v) is 6.55. The van der Waals surface area contributed by atoms with Crippen molar-refractivity contribution in [2.45, 2.75) is 0 Å². The molecule has 0 bridgehead atoms. The first-order chi connectivity index (χ1) is 14.1. The van der Waals surface area contributed by atoms with Gasteiger partial charge in [0.15, 0.2) is 5.13 Å². The zero-order valence-corrected chi connectivity index (χ0v) is 17.2. The number of benzene rings is 1.